The van der Waals surface area contributed by atoms with Crippen molar-refractivity contribution in [1.82, 2.24) is 19.7 Å². The number of anilines is 2. The molecule has 2 aromatic carbocycles. The Morgan fingerprint density at radius 3 is 2.78 bits per heavy atom. The van der Waals surface area contributed by atoms with E-state index < -0.39 is 11.7 Å². The van der Waals surface area contributed by atoms with Gasteiger partial charge in [0, 0.05) is 36.6 Å². The van der Waals surface area contributed by atoms with Gasteiger partial charge < -0.3 is 20.8 Å². The standard InChI is InChI=1S/C26H26ClFN6O2/c1-34-24(29)22(26(35)32-17-6-8-20(28)19(27)13-17)23(33-34)15-4-3-14(11-15)18-7-5-16(12-21(18)36-2)25-30-9-10-31-25/h5-10,12-15H,3-4,11,29H2,1-2H3,(H,30,31)(H,32,35)/t14-,15+/m0/s1. The summed E-state index contributed by atoms with van der Waals surface area (Å²) in [5.41, 5.74) is 9.71. The van der Waals surface area contributed by atoms with E-state index in [1.54, 1.807) is 26.6 Å². The summed E-state index contributed by atoms with van der Waals surface area (Å²) in [5, 5.41) is 7.31. The highest BCUT2D eigenvalue weighted by molar-refractivity contribution is 6.31. The summed E-state index contributed by atoms with van der Waals surface area (Å²) in [6.45, 7) is 0. The number of methoxy groups -OCH3 is 1. The number of carbonyl (C=O) groups excluding carboxylic acids is 1. The summed E-state index contributed by atoms with van der Waals surface area (Å²) in [7, 11) is 3.38. The van der Waals surface area contributed by atoms with Crippen LogP contribution in [0.2, 0.25) is 5.02 Å². The number of nitrogens with two attached hydrogens (primary N) is 1. The first kappa shape index (κ1) is 23.9. The van der Waals surface area contributed by atoms with Gasteiger partial charge >= 0.3 is 0 Å². The number of hydrogen-bond donors (Lipinski definition) is 3. The zero-order valence-electron chi connectivity index (χ0n) is 19.9. The van der Waals surface area contributed by atoms with Gasteiger partial charge in [0.15, 0.2) is 0 Å². The van der Waals surface area contributed by atoms with Crippen molar-refractivity contribution >= 4 is 29.0 Å². The fourth-order valence-corrected chi connectivity index (χ4v) is 5.16. The summed E-state index contributed by atoms with van der Waals surface area (Å²) in [6, 6.07) is 10.1. The molecule has 36 heavy (non-hydrogen) atoms. The molecule has 0 bridgehead atoms. The van der Waals surface area contributed by atoms with Gasteiger partial charge in [-0.1, -0.05) is 23.7 Å². The maximum atomic E-state index is 13.5. The molecule has 0 saturated heterocycles. The molecule has 0 radical (unpaired) electrons. The van der Waals surface area contributed by atoms with Crippen LogP contribution in [0.15, 0.2) is 48.8 Å². The molecule has 8 nitrogen and oxygen atoms in total. The van der Waals surface area contributed by atoms with Gasteiger partial charge in [-0.3, -0.25) is 9.48 Å². The van der Waals surface area contributed by atoms with Crippen LogP contribution in [0.3, 0.4) is 0 Å². The van der Waals surface area contributed by atoms with Crippen molar-refractivity contribution in [3.05, 3.63) is 76.5 Å². The molecule has 1 fully saturated rings. The number of nitrogen functional groups attached to an aromatic ring is 1. The van der Waals surface area contributed by atoms with E-state index in [4.69, 9.17) is 22.1 Å². The van der Waals surface area contributed by atoms with Crippen molar-refractivity contribution in [1.29, 1.82) is 0 Å². The third-order valence-corrected chi connectivity index (χ3v) is 7.08. The SMILES string of the molecule is COc1cc(-c2ncc[nH]2)ccc1[C@H]1CC[C@@H](c2nn(C)c(N)c2C(=O)Nc2ccc(F)c(Cl)c2)C1. The number of imidazole rings is 1. The fourth-order valence-electron chi connectivity index (χ4n) is 4.98. The van der Waals surface area contributed by atoms with Gasteiger partial charge in [-0.25, -0.2) is 9.37 Å². The fraction of sp³-hybridized carbons (Fsp3) is 0.269. The van der Waals surface area contributed by atoms with E-state index >= 15 is 0 Å². The van der Waals surface area contributed by atoms with Crippen LogP contribution in [0.1, 0.15) is 52.7 Å². The van der Waals surface area contributed by atoms with Gasteiger partial charge in [0.2, 0.25) is 0 Å². The van der Waals surface area contributed by atoms with Gasteiger partial charge in [-0.05, 0) is 55.0 Å². The molecular formula is C26H26ClFN6O2. The smallest absolute Gasteiger partial charge is 0.261 e. The van der Waals surface area contributed by atoms with Crippen molar-refractivity contribution in [2.24, 2.45) is 7.05 Å². The van der Waals surface area contributed by atoms with E-state index in [0.717, 1.165) is 42.0 Å². The molecule has 0 unspecified atom stereocenters. The van der Waals surface area contributed by atoms with Gasteiger partial charge in [0.05, 0.1) is 17.8 Å². The molecule has 1 amide bonds. The number of H-pyrrole nitrogens is 1. The van der Waals surface area contributed by atoms with Crippen molar-refractivity contribution in [2.75, 3.05) is 18.2 Å². The zero-order chi connectivity index (χ0) is 25.4. The molecule has 4 N–H and O–H groups in total. The molecule has 2 aromatic heterocycles. The number of aromatic nitrogens is 4. The maximum Gasteiger partial charge on any atom is 0.261 e. The van der Waals surface area contributed by atoms with E-state index in [0.29, 0.717) is 16.9 Å². The number of benzene rings is 2. The Bertz CT molecular complexity index is 1420. The minimum atomic E-state index is -0.555. The molecular weight excluding hydrogens is 483 g/mol. The number of ether oxygens (including phenoxy) is 1. The number of hydrogen-bond acceptors (Lipinski definition) is 5. The van der Waals surface area contributed by atoms with Crippen molar-refractivity contribution in [3.8, 4) is 17.1 Å². The molecule has 5 rings (SSSR count). The number of amides is 1. The lowest BCUT2D eigenvalue weighted by Crippen LogP contribution is -2.16. The molecule has 2 heterocycles. The van der Waals surface area contributed by atoms with Gasteiger partial charge in [0.25, 0.3) is 5.91 Å². The number of nitrogens with one attached hydrogen (secondary N) is 2. The van der Waals surface area contributed by atoms with E-state index in [1.165, 1.54) is 22.9 Å². The Kier molecular flexibility index (Phi) is 6.40. The monoisotopic (exact) mass is 508 g/mol. The summed E-state index contributed by atoms with van der Waals surface area (Å²) < 4.78 is 20.8. The molecule has 1 aliphatic rings. The maximum absolute atomic E-state index is 13.5. The van der Waals surface area contributed by atoms with Gasteiger partial charge in [-0.2, -0.15) is 5.10 Å². The number of halogens is 2. The first-order valence-corrected chi connectivity index (χ1v) is 12.0. The predicted octanol–water partition coefficient (Wildman–Crippen LogP) is 5.50. The molecule has 0 spiro atoms. The number of rotatable bonds is 6. The van der Waals surface area contributed by atoms with Gasteiger partial charge in [0.1, 0.15) is 28.8 Å². The molecule has 1 saturated carbocycles. The average Bonchev–Trinajstić information content (AvgIpc) is 3.62. The Morgan fingerprint density at radius 2 is 2.06 bits per heavy atom. The minimum absolute atomic E-state index is 0.0468. The Balaban J connectivity index is 1.39. The lowest BCUT2D eigenvalue weighted by atomic mass is 9.92. The zero-order valence-corrected chi connectivity index (χ0v) is 20.6. The second-order valence-corrected chi connectivity index (χ2v) is 9.36. The summed E-state index contributed by atoms with van der Waals surface area (Å²) in [4.78, 5) is 20.7. The van der Waals surface area contributed by atoms with Gasteiger partial charge in [-0.15, -0.1) is 0 Å². The highest BCUT2D eigenvalue weighted by Crippen LogP contribution is 2.47. The first-order valence-electron chi connectivity index (χ1n) is 11.6. The number of aryl methyl sites for hydroxylation is 1. The van der Waals surface area contributed by atoms with E-state index in [1.807, 2.05) is 12.1 Å². The third kappa shape index (κ3) is 4.42. The largest absolute Gasteiger partial charge is 0.496 e. The number of nitrogens with zero attached hydrogens (tertiary/aromatic N) is 3. The van der Waals surface area contributed by atoms with Crippen LogP contribution in [0, 0.1) is 5.82 Å². The summed E-state index contributed by atoms with van der Waals surface area (Å²) >= 11 is 5.87. The predicted molar refractivity (Wildman–Crippen MR) is 137 cm³/mol. The quantitative estimate of drug-likeness (QED) is 0.318. The number of carbonyl (C=O) groups is 1. The Labute approximate surface area is 212 Å². The van der Waals surface area contributed by atoms with Crippen molar-refractivity contribution in [2.45, 2.75) is 31.1 Å². The summed E-state index contributed by atoms with van der Waals surface area (Å²) in [6.07, 6.45) is 6.08. The molecule has 0 aliphatic heterocycles. The van der Waals surface area contributed by atoms with Crippen LogP contribution in [0.5, 0.6) is 5.75 Å². The molecule has 1 aliphatic carbocycles. The molecule has 10 heteroatoms. The second-order valence-electron chi connectivity index (χ2n) is 8.95. The highest BCUT2D eigenvalue weighted by Gasteiger charge is 2.34. The molecule has 186 valence electrons. The molecule has 2 atom stereocenters. The Hall–Kier alpha value is -3.85. The van der Waals surface area contributed by atoms with E-state index in [-0.39, 0.29) is 22.7 Å². The third-order valence-electron chi connectivity index (χ3n) is 6.79. The van der Waals surface area contributed by atoms with Crippen LogP contribution in [-0.2, 0) is 7.05 Å². The van der Waals surface area contributed by atoms with Crippen LogP contribution in [0.25, 0.3) is 11.4 Å². The van der Waals surface area contributed by atoms with Crippen molar-refractivity contribution < 1.29 is 13.9 Å². The topological polar surface area (TPSA) is 111 Å². The van der Waals surface area contributed by atoms with Crippen molar-refractivity contribution in [3.63, 3.8) is 0 Å². The lowest BCUT2D eigenvalue weighted by Gasteiger charge is -2.16. The highest BCUT2D eigenvalue weighted by atomic mass is 35.5. The lowest BCUT2D eigenvalue weighted by molar-refractivity contribution is 0.102. The minimum Gasteiger partial charge on any atom is -0.496 e. The van der Waals surface area contributed by atoms with E-state index in [2.05, 4.69) is 26.4 Å². The van der Waals surface area contributed by atoms with Crippen LogP contribution < -0.4 is 15.8 Å². The second kappa shape index (κ2) is 9.66. The number of aromatic amines is 1. The van der Waals surface area contributed by atoms with Crippen LogP contribution in [-0.4, -0.2) is 32.8 Å². The Morgan fingerprint density at radius 1 is 1.25 bits per heavy atom. The van der Waals surface area contributed by atoms with Crippen LogP contribution in [0.4, 0.5) is 15.9 Å². The van der Waals surface area contributed by atoms with E-state index in [9.17, 15) is 9.18 Å². The molecule has 4 aromatic rings. The first-order chi connectivity index (χ1) is 17.4. The van der Waals surface area contributed by atoms with Crippen LogP contribution >= 0.6 is 11.6 Å². The normalized spacial score (nSPS) is 17.3. The average molecular weight is 509 g/mol. The summed E-state index contributed by atoms with van der Waals surface area (Å²) in [5.74, 6) is 1.20.